The van der Waals surface area contributed by atoms with Crippen molar-refractivity contribution in [2.45, 2.75) is 6.04 Å². The van der Waals surface area contributed by atoms with E-state index in [0.717, 1.165) is 23.7 Å². The van der Waals surface area contributed by atoms with Crippen LogP contribution >= 0.6 is 11.8 Å². The number of fused-ring (bicyclic) bond motifs is 1. The topological polar surface area (TPSA) is 61.4 Å². The van der Waals surface area contributed by atoms with Crippen molar-refractivity contribution in [3.63, 3.8) is 0 Å². The molecule has 0 radical (unpaired) electrons. The fourth-order valence-electron chi connectivity index (χ4n) is 2.34. The molecule has 1 aromatic carbocycles. The summed E-state index contributed by atoms with van der Waals surface area (Å²) < 4.78 is 0. The summed E-state index contributed by atoms with van der Waals surface area (Å²) >= 11 is 1.77. The van der Waals surface area contributed by atoms with Gasteiger partial charge in [0.05, 0.1) is 17.4 Å². The standard InChI is InChI=1S/C13H15N3O2S/c17-12-7-16(11-4-2-1-3-9(11)15-12)13(18)10-8-19-6-5-14-10/h1-4,10,14H,5-8H2,(H,15,17). The number of hydrogen-bond acceptors (Lipinski definition) is 4. The van der Waals surface area contributed by atoms with Crippen LogP contribution in [0, 0.1) is 0 Å². The Balaban J connectivity index is 1.87. The van der Waals surface area contributed by atoms with Crippen molar-refractivity contribution in [3.8, 4) is 0 Å². The van der Waals surface area contributed by atoms with Gasteiger partial charge in [-0.2, -0.15) is 11.8 Å². The smallest absolute Gasteiger partial charge is 0.245 e. The Morgan fingerprint density at radius 2 is 2.21 bits per heavy atom. The van der Waals surface area contributed by atoms with Gasteiger partial charge >= 0.3 is 0 Å². The fraction of sp³-hybridized carbons (Fsp3) is 0.385. The molecule has 1 aromatic rings. The van der Waals surface area contributed by atoms with Crippen LogP contribution in [0.3, 0.4) is 0 Å². The molecule has 0 spiro atoms. The second kappa shape index (κ2) is 5.22. The van der Waals surface area contributed by atoms with Crippen LogP contribution in [0.15, 0.2) is 24.3 Å². The number of anilines is 2. The van der Waals surface area contributed by atoms with Crippen LogP contribution in [-0.4, -0.2) is 42.5 Å². The Morgan fingerprint density at radius 1 is 1.37 bits per heavy atom. The molecule has 0 aliphatic carbocycles. The van der Waals surface area contributed by atoms with Gasteiger partial charge in [-0.25, -0.2) is 0 Å². The maximum absolute atomic E-state index is 12.5. The summed E-state index contributed by atoms with van der Waals surface area (Å²) in [6.07, 6.45) is 0. The molecule has 19 heavy (non-hydrogen) atoms. The molecular weight excluding hydrogens is 262 g/mol. The third kappa shape index (κ3) is 2.46. The lowest BCUT2D eigenvalue weighted by Gasteiger charge is -2.33. The Kier molecular flexibility index (Phi) is 3.44. The zero-order chi connectivity index (χ0) is 13.2. The first-order valence-electron chi connectivity index (χ1n) is 6.27. The molecule has 6 heteroatoms. The van der Waals surface area contributed by atoms with Crippen molar-refractivity contribution in [3.05, 3.63) is 24.3 Å². The lowest BCUT2D eigenvalue weighted by atomic mass is 10.1. The first-order chi connectivity index (χ1) is 9.25. The highest BCUT2D eigenvalue weighted by atomic mass is 32.2. The first kappa shape index (κ1) is 12.5. The minimum absolute atomic E-state index is 0.0190. The van der Waals surface area contributed by atoms with Crippen LogP contribution < -0.4 is 15.5 Å². The number of nitrogens with one attached hydrogen (secondary N) is 2. The highest BCUT2D eigenvalue weighted by molar-refractivity contribution is 7.99. The van der Waals surface area contributed by atoms with E-state index in [1.165, 1.54) is 0 Å². The average molecular weight is 277 g/mol. The summed E-state index contributed by atoms with van der Waals surface area (Å²) in [5, 5.41) is 6.01. The second-order valence-corrected chi connectivity index (χ2v) is 5.72. The van der Waals surface area contributed by atoms with E-state index in [4.69, 9.17) is 0 Å². The zero-order valence-corrected chi connectivity index (χ0v) is 11.2. The molecule has 1 atom stereocenters. The molecule has 0 saturated carbocycles. The van der Waals surface area contributed by atoms with Crippen molar-refractivity contribution >= 4 is 35.0 Å². The molecule has 2 N–H and O–H groups in total. The summed E-state index contributed by atoms with van der Waals surface area (Å²) in [5.74, 6) is 1.63. The molecular formula is C13H15N3O2S. The van der Waals surface area contributed by atoms with E-state index in [-0.39, 0.29) is 24.4 Å². The quantitative estimate of drug-likeness (QED) is 0.792. The van der Waals surface area contributed by atoms with Gasteiger partial charge in [-0.15, -0.1) is 0 Å². The molecule has 2 aliphatic rings. The Hall–Kier alpha value is -1.53. The summed E-state index contributed by atoms with van der Waals surface area (Å²) in [4.78, 5) is 25.8. The molecule has 100 valence electrons. The largest absolute Gasteiger partial charge is 0.323 e. The van der Waals surface area contributed by atoms with Gasteiger partial charge in [0.2, 0.25) is 11.8 Å². The molecule has 5 nitrogen and oxygen atoms in total. The number of hydrogen-bond donors (Lipinski definition) is 2. The number of para-hydroxylation sites is 2. The van der Waals surface area contributed by atoms with Gasteiger partial charge in [0.15, 0.2) is 0 Å². The van der Waals surface area contributed by atoms with Gasteiger partial charge in [0, 0.05) is 18.1 Å². The van der Waals surface area contributed by atoms with Crippen LogP contribution in [0.4, 0.5) is 11.4 Å². The molecule has 1 unspecified atom stereocenters. The molecule has 1 fully saturated rings. The average Bonchev–Trinajstić information content (AvgIpc) is 2.46. The molecule has 0 bridgehead atoms. The van der Waals surface area contributed by atoms with E-state index in [0.29, 0.717) is 5.69 Å². The van der Waals surface area contributed by atoms with Crippen molar-refractivity contribution in [1.29, 1.82) is 0 Å². The van der Waals surface area contributed by atoms with Gasteiger partial charge < -0.3 is 10.6 Å². The SMILES string of the molecule is O=C1CN(C(=O)C2CSCCN2)c2ccccc2N1. The number of rotatable bonds is 1. The zero-order valence-electron chi connectivity index (χ0n) is 10.4. The minimum Gasteiger partial charge on any atom is -0.323 e. The number of benzene rings is 1. The minimum atomic E-state index is -0.197. The van der Waals surface area contributed by atoms with E-state index in [9.17, 15) is 9.59 Å². The maximum Gasteiger partial charge on any atom is 0.245 e. The van der Waals surface area contributed by atoms with Crippen LogP contribution in [0.1, 0.15) is 0 Å². The summed E-state index contributed by atoms with van der Waals surface area (Å²) in [6.45, 7) is 0.932. The Bertz CT molecular complexity index is 514. The van der Waals surface area contributed by atoms with E-state index >= 15 is 0 Å². The number of carbonyl (C=O) groups excluding carboxylic acids is 2. The monoisotopic (exact) mass is 277 g/mol. The molecule has 2 heterocycles. The number of carbonyl (C=O) groups is 2. The predicted octanol–water partition coefficient (Wildman–Crippen LogP) is 0.677. The lowest BCUT2D eigenvalue weighted by Crippen LogP contribution is -2.53. The number of amides is 2. The normalized spacial score (nSPS) is 22.6. The first-order valence-corrected chi connectivity index (χ1v) is 7.42. The van der Waals surface area contributed by atoms with Crippen molar-refractivity contribution in [2.24, 2.45) is 0 Å². The van der Waals surface area contributed by atoms with E-state index in [2.05, 4.69) is 10.6 Å². The Labute approximate surface area is 115 Å². The lowest BCUT2D eigenvalue weighted by molar-refractivity contribution is -0.123. The summed E-state index contributed by atoms with van der Waals surface area (Å²) in [6, 6.07) is 7.21. The van der Waals surface area contributed by atoms with E-state index < -0.39 is 0 Å². The predicted molar refractivity (Wildman–Crippen MR) is 76.5 cm³/mol. The molecule has 2 amide bonds. The third-order valence-electron chi connectivity index (χ3n) is 3.26. The van der Waals surface area contributed by atoms with Crippen LogP contribution in [0.5, 0.6) is 0 Å². The molecule has 0 aromatic heterocycles. The van der Waals surface area contributed by atoms with E-state index in [1.54, 1.807) is 16.7 Å². The number of thioether (sulfide) groups is 1. The van der Waals surface area contributed by atoms with Crippen molar-refractivity contribution in [1.82, 2.24) is 5.32 Å². The van der Waals surface area contributed by atoms with E-state index in [1.807, 2.05) is 24.3 Å². The van der Waals surface area contributed by atoms with Gasteiger partial charge in [-0.1, -0.05) is 12.1 Å². The highest BCUT2D eigenvalue weighted by Crippen LogP contribution is 2.29. The van der Waals surface area contributed by atoms with Gasteiger partial charge in [0.25, 0.3) is 0 Å². The van der Waals surface area contributed by atoms with Gasteiger partial charge in [0.1, 0.15) is 6.54 Å². The second-order valence-electron chi connectivity index (χ2n) is 4.57. The maximum atomic E-state index is 12.5. The highest BCUT2D eigenvalue weighted by Gasteiger charge is 2.32. The van der Waals surface area contributed by atoms with Crippen LogP contribution in [0.25, 0.3) is 0 Å². The van der Waals surface area contributed by atoms with Crippen LogP contribution in [-0.2, 0) is 9.59 Å². The summed E-state index contributed by atoms with van der Waals surface area (Å²) in [5.41, 5.74) is 1.49. The molecule has 1 saturated heterocycles. The number of nitrogens with zero attached hydrogens (tertiary/aromatic N) is 1. The van der Waals surface area contributed by atoms with Gasteiger partial charge in [-0.05, 0) is 12.1 Å². The van der Waals surface area contributed by atoms with Gasteiger partial charge in [-0.3, -0.25) is 14.5 Å². The third-order valence-corrected chi connectivity index (χ3v) is 4.32. The Morgan fingerprint density at radius 3 is 3.00 bits per heavy atom. The van der Waals surface area contributed by atoms with Crippen molar-refractivity contribution < 1.29 is 9.59 Å². The van der Waals surface area contributed by atoms with Crippen molar-refractivity contribution in [2.75, 3.05) is 34.8 Å². The molecule has 2 aliphatic heterocycles. The van der Waals surface area contributed by atoms with Crippen LogP contribution in [0.2, 0.25) is 0 Å². The summed E-state index contributed by atoms with van der Waals surface area (Å²) in [7, 11) is 0. The molecule has 3 rings (SSSR count). The fourth-order valence-corrected chi connectivity index (χ4v) is 3.27.